The first-order valence-electron chi connectivity index (χ1n) is 10.9. The van der Waals surface area contributed by atoms with Crippen molar-refractivity contribution in [2.75, 3.05) is 7.11 Å². The monoisotopic (exact) mass is 393 g/mol. The molecule has 3 aromatic rings. The normalized spacial score (nSPS) is 14.1. The molecule has 1 aliphatic carbocycles. The number of fused-ring (bicyclic) bond motifs is 1. The molecular formula is C24H31N3O2. The first kappa shape index (κ1) is 19.7. The van der Waals surface area contributed by atoms with E-state index in [0.29, 0.717) is 5.92 Å². The van der Waals surface area contributed by atoms with E-state index >= 15 is 0 Å². The van der Waals surface area contributed by atoms with Crippen molar-refractivity contribution in [1.82, 2.24) is 14.2 Å². The summed E-state index contributed by atoms with van der Waals surface area (Å²) in [4.78, 5) is 13.8. The number of nitrogens with zero attached hydrogens (tertiary/aromatic N) is 3. The molecule has 0 amide bonds. The smallest absolute Gasteiger partial charge is 0.278 e. The van der Waals surface area contributed by atoms with E-state index in [-0.39, 0.29) is 11.6 Å². The highest BCUT2D eigenvalue weighted by Gasteiger charge is 2.31. The Balaban J connectivity index is 2.03. The van der Waals surface area contributed by atoms with Gasteiger partial charge in [0.25, 0.3) is 5.56 Å². The molecular weight excluding hydrogens is 362 g/mol. The molecule has 0 unspecified atom stereocenters. The lowest BCUT2D eigenvalue weighted by Gasteiger charge is -2.17. The largest absolute Gasteiger partial charge is 0.497 e. The van der Waals surface area contributed by atoms with Crippen LogP contribution in [0.3, 0.4) is 0 Å². The molecule has 0 spiro atoms. The van der Waals surface area contributed by atoms with Crippen molar-refractivity contribution in [3.05, 3.63) is 51.4 Å². The average molecular weight is 394 g/mol. The molecule has 1 aromatic carbocycles. The number of aryl methyl sites for hydroxylation is 2. The van der Waals surface area contributed by atoms with Gasteiger partial charge in [-0.25, -0.2) is 4.52 Å². The first-order chi connectivity index (χ1) is 14.0. The number of benzene rings is 1. The molecule has 5 nitrogen and oxygen atoms in total. The number of aromatic nitrogens is 3. The van der Waals surface area contributed by atoms with E-state index in [1.165, 1.54) is 0 Å². The van der Waals surface area contributed by atoms with Crippen molar-refractivity contribution >= 4 is 5.52 Å². The van der Waals surface area contributed by atoms with Crippen LogP contribution in [0, 0.1) is 6.92 Å². The molecule has 1 saturated carbocycles. The van der Waals surface area contributed by atoms with E-state index < -0.39 is 0 Å². The molecule has 29 heavy (non-hydrogen) atoms. The Labute approximate surface area is 172 Å². The summed E-state index contributed by atoms with van der Waals surface area (Å²) in [6, 6.07) is 8.48. The molecule has 0 aliphatic heterocycles. The summed E-state index contributed by atoms with van der Waals surface area (Å²) in [6.07, 6.45) is 5.00. The van der Waals surface area contributed by atoms with E-state index in [9.17, 15) is 4.79 Å². The molecule has 0 atom stereocenters. The molecule has 1 aliphatic rings. The number of rotatable bonds is 7. The predicted molar refractivity (Wildman–Crippen MR) is 117 cm³/mol. The SMILES string of the molecule is CCc1cc(OC)ccc1-c1nn2c(C)cc(C(CC)CC)c2c(=O)n1C1CC1. The highest BCUT2D eigenvalue weighted by atomic mass is 16.5. The third kappa shape index (κ3) is 3.26. The number of methoxy groups -OCH3 is 1. The van der Waals surface area contributed by atoms with Crippen LogP contribution in [-0.4, -0.2) is 21.3 Å². The van der Waals surface area contributed by atoms with Crippen molar-refractivity contribution in [3.63, 3.8) is 0 Å². The Morgan fingerprint density at radius 1 is 1.17 bits per heavy atom. The molecule has 2 aromatic heterocycles. The third-order valence-electron chi connectivity index (χ3n) is 6.30. The van der Waals surface area contributed by atoms with Gasteiger partial charge in [0, 0.05) is 17.3 Å². The molecule has 154 valence electrons. The number of hydrogen-bond acceptors (Lipinski definition) is 3. The van der Waals surface area contributed by atoms with Crippen molar-refractivity contribution in [2.45, 2.75) is 71.8 Å². The van der Waals surface area contributed by atoms with Crippen molar-refractivity contribution in [1.29, 1.82) is 0 Å². The highest BCUT2D eigenvalue weighted by molar-refractivity contribution is 5.65. The van der Waals surface area contributed by atoms with Crippen LogP contribution in [0.1, 0.15) is 75.2 Å². The Bertz CT molecular complexity index is 1100. The molecule has 0 bridgehead atoms. The van der Waals surface area contributed by atoms with Crippen LogP contribution in [0.25, 0.3) is 16.9 Å². The van der Waals surface area contributed by atoms with Gasteiger partial charge in [-0.05, 0) is 80.3 Å². The summed E-state index contributed by atoms with van der Waals surface area (Å²) >= 11 is 0. The third-order valence-corrected chi connectivity index (χ3v) is 6.30. The summed E-state index contributed by atoms with van der Waals surface area (Å²) in [6.45, 7) is 8.56. The zero-order valence-corrected chi connectivity index (χ0v) is 18.2. The first-order valence-corrected chi connectivity index (χ1v) is 10.9. The van der Waals surface area contributed by atoms with Crippen LogP contribution in [0.4, 0.5) is 0 Å². The average Bonchev–Trinajstić information content (AvgIpc) is 3.52. The van der Waals surface area contributed by atoms with Gasteiger partial charge >= 0.3 is 0 Å². The van der Waals surface area contributed by atoms with Gasteiger partial charge in [0.15, 0.2) is 5.82 Å². The van der Waals surface area contributed by atoms with E-state index in [1.54, 1.807) is 7.11 Å². The molecule has 0 N–H and O–H groups in total. The van der Waals surface area contributed by atoms with Gasteiger partial charge < -0.3 is 4.74 Å². The Hall–Kier alpha value is -2.56. The predicted octanol–water partition coefficient (Wildman–Crippen LogP) is 5.28. The summed E-state index contributed by atoms with van der Waals surface area (Å²) in [7, 11) is 1.68. The minimum atomic E-state index is 0.102. The molecule has 0 saturated heterocycles. The van der Waals surface area contributed by atoms with Crippen LogP contribution in [-0.2, 0) is 6.42 Å². The Morgan fingerprint density at radius 3 is 2.48 bits per heavy atom. The fourth-order valence-corrected chi connectivity index (χ4v) is 4.45. The van der Waals surface area contributed by atoms with Crippen LogP contribution in [0.15, 0.2) is 29.1 Å². The highest BCUT2D eigenvalue weighted by Crippen LogP contribution is 2.38. The van der Waals surface area contributed by atoms with Crippen molar-refractivity contribution in [2.24, 2.45) is 0 Å². The topological polar surface area (TPSA) is 48.5 Å². The van der Waals surface area contributed by atoms with E-state index in [4.69, 9.17) is 9.84 Å². The summed E-state index contributed by atoms with van der Waals surface area (Å²) < 4.78 is 9.25. The lowest BCUT2D eigenvalue weighted by molar-refractivity contribution is 0.414. The minimum absolute atomic E-state index is 0.102. The van der Waals surface area contributed by atoms with Crippen molar-refractivity contribution < 1.29 is 4.74 Å². The summed E-state index contributed by atoms with van der Waals surface area (Å²) in [5.74, 6) is 2.00. The maximum Gasteiger partial charge on any atom is 0.278 e. The van der Waals surface area contributed by atoms with Crippen molar-refractivity contribution in [3.8, 4) is 17.1 Å². The van der Waals surface area contributed by atoms with E-state index in [0.717, 1.165) is 71.6 Å². The second-order valence-electron chi connectivity index (χ2n) is 8.12. The fraction of sp³-hybridized carbons (Fsp3) is 0.500. The lowest BCUT2D eigenvalue weighted by atomic mass is 9.95. The zero-order chi connectivity index (χ0) is 20.7. The van der Waals surface area contributed by atoms with Gasteiger partial charge in [0.05, 0.1) is 7.11 Å². The molecule has 4 rings (SSSR count). The zero-order valence-electron chi connectivity index (χ0n) is 18.2. The van der Waals surface area contributed by atoms with Gasteiger partial charge in [-0.1, -0.05) is 20.8 Å². The molecule has 0 radical (unpaired) electrons. The van der Waals surface area contributed by atoms with Crippen LogP contribution < -0.4 is 10.3 Å². The van der Waals surface area contributed by atoms with Crippen LogP contribution in [0.2, 0.25) is 0 Å². The molecule has 5 heteroatoms. The fourth-order valence-electron chi connectivity index (χ4n) is 4.45. The van der Waals surface area contributed by atoms with Gasteiger partial charge in [0.1, 0.15) is 11.3 Å². The molecule has 1 fully saturated rings. The Kier molecular flexibility index (Phi) is 5.24. The second kappa shape index (κ2) is 7.69. The minimum Gasteiger partial charge on any atom is -0.497 e. The molecule has 2 heterocycles. The van der Waals surface area contributed by atoms with Gasteiger partial charge in [-0.2, -0.15) is 0 Å². The lowest BCUT2D eigenvalue weighted by Crippen LogP contribution is -2.26. The number of hydrogen-bond donors (Lipinski definition) is 0. The maximum atomic E-state index is 13.8. The van der Waals surface area contributed by atoms with Gasteiger partial charge in [-0.15, -0.1) is 5.10 Å². The summed E-state index contributed by atoms with van der Waals surface area (Å²) in [5.41, 5.74) is 5.21. The van der Waals surface area contributed by atoms with Gasteiger partial charge in [-0.3, -0.25) is 9.36 Å². The van der Waals surface area contributed by atoms with Gasteiger partial charge in [0.2, 0.25) is 0 Å². The van der Waals surface area contributed by atoms with Crippen LogP contribution in [0.5, 0.6) is 5.75 Å². The maximum absolute atomic E-state index is 13.8. The quantitative estimate of drug-likeness (QED) is 0.549. The summed E-state index contributed by atoms with van der Waals surface area (Å²) in [5, 5.41) is 5.04. The van der Waals surface area contributed by atoms with E-state index in [1.807, 2.05) is 28.1 Å². The van der Waals surface area contributed by atoms with Crippen LogP contribution >= 0.6 is 0 Å². The Morgan fingerprint density at radius 2 is 1.90 bits per heavy atom. The standard InChI is InChI=1S/C24H31N3O2/c1-6-16(7-2)21-13-15(4)27-22(21)24(28)26(18-9-10-18)23(25-27)20-12-11-19(29-5)14-17(20)8-3/h11-14,16,18H,6-10H2,1-5H3. The second-order valence-corrected chi connectivity index (χ2v) is 8.12. The van der Waals surface area contributed by atoms with E-state index in [2.05, 4.69) is 32.9 Å². The number of ether oxygens (including phenoxy) is 1.